The molecular formula is C22H25N3OS. The monoisotopic (exact) mass is 379 g/mol. The van der Waals surface area contributed by atoms with Crippen LogP contribution in [0.5, 0.6) is 0 Å². The van der Waals surface area contributed by atoms with Gasteiger partial charge in [-0.2, -0.15) is 0 Å². The van der Waals surface area contributed by atoms with Crippen LogP contribution in [0.25, 0.3) is 5.69 Å². The molecule has 1 aliphatic rings. The van der Waals surface area contributed by atoms with Crippen molar-refractivity contribution in [3.05, 3.63) is 76.2 Å². The maximum atomic E-state index is 13.2. The Balaban J connectivity index is 1.75. The third-order valence-corrected chi connectivity index (χ3v) is 5.96. The van der Waals surface area contributed by atoms with E-state index in [4.69, 9.17) is 0 Å². The lowest BCUT2D eigenvalue weighted by Crippen LogP contribution is -2.42. The number of thiophene rings is 1. The first kappa shape index (κ1) is 17.9. The molecule has 5 heteroatoms. The largest absolute Gasteiger partial charge is 0.338 e. The van der Waals surface area contributed by atoms with Gasteiger partial charge in [0.1, 0.15) is 6.04 Å². The quantitative estimate of drug-likeness (QED) is 0.665. The molecule has 0 fully saturated rings. The fraction of sp³-hybridized carbons (Fsp3) is 0.318. The molecule has 0 unspecified atom stereocenters. The second-order valence-corrected chi connectivity index (χ2v) is 8.37. The molecule has 1 N–H and O–H groups in total. The summed E-state index contributed by atoms with van der Waals surface area (Å²) in [7, 11) is 0. The number of para-hydroxylation sites is 1. The van der Waals surface area contributed by atoms with Crippen molar-refractivity contribution in [1.29, 1.82) is 0 Å². The first-order valence-electron chi connectivity index (χ1n) is 9.48. The van der Waals surface area contributed by atoms with E-state index in [0.29, 0.717) is 19.0 Å². The van der Waals surface area contributed by atoms with Crippen LogP contribution >= 0.6 is 11.3 Å². The van der Waals surface area contributed by atoms with Gasteiger partial charge in [0.2, 0.25) is 0 Å². The maximum Gasteiger partial charge on any atom is 0.318 e. The zero-order valence-electron chi connectivity index (χ0n) is 15.8. The lowest BCUT2D eigenvalue weighted by Gasteiger charge is -2.30. The number of nitrogens with one attached hydrogen (secondary N) is 1. The number of urea groups is 1. The summed E-state index contributed by atoms with van der Waals surface area (Å²) >= 11 is 1.70. The normalized spacial score (nSPS) is 16.0. The second kappa shape index (κ2) is 7.61. The number of hydrogen-bond acceptors (Lipinski definition) is 2. The minimum atomic E-state index is -0.0913. The summed E-state index contributed by atoms with van der Waals surface area (Å²) < 4.78 is 2.22. The number of benzene rings is 1. The van der Waals surface area contributed by atoms with Crippen LogP contribution in [0.4, 0.5) is 4.79 Å². The summed E-state index contributed by atoms with van der Waals surface area (Å²) in [4.78, 5) is 16.3. The van der Waals surface area contributed by atoms with Gasteiger partial charge < -0.3 is 14.8 Å². The Morgan fingerprint density at radius 3 is 2.81 bits per heavy atom. The maximum absolute atomic E-state index is 13.2. The van der Waals surface area contributed by atoms with E-state index < -0.39 is 0 Å². The number of amides is 2. The molecule has 0 bridgehead atoms. The number of hydrogen-bond donors (Lipinski definition) is 1. The third-order valence-electron chi connectivity index (χ3n) is 5.04. The molecule has 1 atom stereocenters. The Morgan fingerprint density at radius 2 is 2.04 bits per heavy atom. The fourth-order valence-electron chi connectivity index (χ4n) is 3.65. The van der Waals surface area contributed by atoms with Gasteiger partial charge in [-0.05, 0) is 47.5 Å². The fourth-order valence-corrected chi connectivity index (χ4v) is 4.50. The van der Waals surface area contributed by atoms with Crippen molar-refractivity contribution in [2.75, 3.05) is 6.54 Å². The van der Waals surface area contributed by atoms with Crippen LogP contribution in [0.3, 0.4) is 0 Å². The van der Waals surface area contributed by atoms with E-state index in [1.165, 1.54) is 4.88 Å². The number of aromatic nitrogens is 1. The average Bonchev–Trinajstić information content (AvgIpc) is 3.32. The van der Waals surface area contributed by atoms with Crippen molar-refractivity contribution in [3.8, 4) is 5.69 Å². The second-order valence-electron chi connectivity index (χ2n) is 7.39. The molecule has 3 heterocycles. The lowest BCUT2D eigenvalue weighted by atomic mass is 10.1. The summed E-state index contributed by atoms with van der Waals surface area (Å²) in [5.41, 5.74) is 3.44. The molecule has 1 aliphatic heterocycles. The molecule has 3 aromatic rings. The van der Waals surface area contributed by atoms with E-state index in [1.807, 2.05) is 11.0 Å². The summed E-state index contributed by atoms with van der Waals surface area (Å²) in [6.45, 7) is 5.64. The van der Waals surface area contributed by atoms with Crippen LogP contribution in [0.1, 0.15) is 42.4 Å². The molecular weight excluding hydrogens is 354 g/mol. The number of nitrogens with zero attached hydrogens (tertiary/aromatic N) is 2. The zero-order chi connectivity index (χ0) is 18.8. The Labute approximate surface area is 164 Å². The van der Waals surface area contributed by atoms with E-state index >= 15 is 0 Å². The van der Waals surface area contributed by atoms with Crippen molar-refractivity contribution in [2.24, 2.45) is 5.92 Å². The molecule has 27 heavy (non-hydrogen) atoms. The Hall–Kier alpha value is -2.53. The third kappa shape index (κ3) is 3.52. The molecule has 0 aliphatic carbocycles. The minimum absolute atomic E-state index is 0.00139. The predicted molar refractivity (Wildman–Crippen MR) is 110 cm³/mol. The van der Waals surface area contributed by atoms with Crippen LogP contribution < -0.4 is 5.32 Å². The van der Waals surface area contributed by atoms with Crippen LogP contribution in [0.15, 0.2) is 60.1 Å². The zero-order valence-corrected chi connectivity index (χ0v) is 16.6. The minimum Gasteiger partial charge on any atom is -0.338 e. The summed E-state index contributed by atoms with van der Waals surface area (Å²) in [5, 5.41) is 5.22. The van der Waals surface area contributed by atoms with Gasteiger partial charge >= 0.3 is 6.03 Å². The van der Waals surface area contributed by atoms with Gasteiger partial charge in [0.15, 0.2) is 0 Å². The SMILES string of the molecule is CC(C)CCNC(=O)N1Cc2ccccc2-n2cccc2[C@@H]1c1cccs1. The van der Waals surface area contributed by atoms with Gasteiger partial charge in [-0.1, -0.05) is 38.1 Å². The summed E-state index contributed by atoms with van der Waals surface area (Å²) in [6.07, 6.45) is 3.07. The summed E-state index contributed by atoms with van der Waals surface area (Å²) in [5.74, 6) is 0.570. The standard InChI is InChI=1S/C22H25N3OS/c1-16(2)11-12-23-22(26)25-15-17-7-3-4-8-18(17)24-13-5-9-19(24)21(25)20-10-6-14-27-20/h3-10,13-14,16,21H,11-12,15H2,1-2H3,(H,23,26)/t21-/m1/s1. The highest BCUT2D eigenvalue weighted by Crippen LogP contribution is 2.38. The highest BCUT2D eigenvalue weighted by atomic mass is 32.1. The van der Waals surface area contributed by atoms with E-state index in [-0.39, 0.29) is 12.1 Å². The van der Waals surface area contributed by atoms with E-state index in [9.17, 15) is 4.79 Å². The highest BCUT2D eigenvalue weighted by Gasteiger charge is 2.33. The van der Waals surface area contributed by atoms with Crippen LogP contribution in [-0.2, 0) is 6.54 Å². The average molecular weight is 380 g/mol. The van der Waals surface area contributed by atoms with Gasteiger partial charge in [-0.3, -0.25) is 0 Å². The van der Waals surface area contributed by atoms with Crippen molar-refractivity contribution in [2.45, 2.75) is 32.9 Å². The van der Waals surface area contributed by atoms with Crippen molar-refractivity contribution in [3.63, 3.8) is 0 Å². The molecule has 0 saturated heterocycles. The van der Waals surface area contributed by atoms with Gasteiger partial charge in [0, 0.05) is 17.6 Å². The Kier molecular flexibility index (Phi) is 5.03. The smallest absolute Gasteiger partial charge is 0.318 e. The first-order chi connectivity index (χ1) is 13.1. The van der Waals surface area contributed by atoms with E-state index in [0.717, 1.165) is 23.4 Å². The number of carbonyl (C=O) groups is 1. The summed E-state index contributed by atoms with van der Waals surface area (Å²) in [6, 6.07) is 16.6. The van der Waals surface area contributed by atoms with Gasteiger partial charge in [-0.25, -0.2) is 4.79 Å². The van der Waals surface area contributed by atoms with E-state index in [1.54, 1.807) is 11.3 Å². The van der Waals surface area contributed by atoms with Crippen LogP contribution in [-0.4, -0.2) is 22.0 Å². The number of carbonyl (C=O) groups excluding carboxylic acids is 1. The van der Waals surface area contributed by atoms with E-state index in [2.05, 4.69) is 77.8 Å². The van der Waals surface area contributed by atoms with Gasteiger partial charge in [0.05, 0.1) is 17.9 Å². The molecule has 4 nitrogen and oxygen atoms in total. The number of rotatable bonds is 4. The Bertz CT molecular complexity index is 913. The highest BCUT2D eigenvalue weighted by molar-refractivity contribution is 7.10. The first-order valence-corrected chi connectivity index (χ1v) is 10.4. The van der Waals surface area contributed by atoms with Gasteiger partial charge in [0.25, 0.3) is 0 Å². The lowest BCUT2D eigenvalue weighted by molar-refractivity contribution is 0.181. The molecule has 0 radical (unpaired) electrons. The van der Waals surface area contributed by atoms with Crippen LogP contribution in [0.2, 0.25) is 0 Å². The molecule has 4 rings (SSSR count). The molecule has 0 spiro atoms. The predicted octanol–water partition coefficient (Wildman–Crippen LogP) is 5.20. The molecule has 2 amide bonds. The molecule has 1 aromatic carbocycles. The van der Waals surface area contributed by atoms with Crippen molar-refractivity contribution < 1.29 is 4.79 Å². The van der Waals surface area contributed by atoms with Crippen molar-refractivity contribution >= 4 is 17.4 Å². The topological polar surface area (TPSA) is 37.3 Å². The van der Waals surface area contributed by atoms with Crippen molar-refractivity contribution in [1.82, 2.24) is 14.8 Å². The Morgan fingerprint density at radius 1 is 1.19 bits per heavy atom. The molecule has 0 saturated carbocycles. The van der Waals surface area contributed by atoms with Gasteiger partial charge in [-0.15, -0.1) is 11.3 Å². The molecule has 2 aromatic heterocycles. The van der Waals surface area contributed by atoms with Crippen LogP contribution in [0, 0.1) is 5.92 Å². The molecule has 140 valence electrons. The number of fused-ring (bicyclic) bond motifs is 3.